The Kier molecular flexibility index (Phi) is 4.56. The number of benzene rings is 1. The second-order valence-electron chi connectivity index (χ2n) is 4.60. The number of hydrogen-bond donors (Lipinski definition) is 1. The van der Waals surface area contributed by atoms with E-state index in [4.69, 9.17) is 11.0 Å². The van der Waals surface area contributed by atoms with E-state index < -0.39 is 10.0 Å². The minimum atomic E-state index is -3.62. The maximum absolute atomic E-state index is 12.5. The summed E-state index contributed by atoms with van der Waals surface area (Å²) in [5, 5.41) is 8.56. The van der Waals surface area contributed by atoms with Crippen LogP contribution < -0.4 is 5.73 Å². The highest BCUT2D eigenvalue weighted by molar-refractivity contribution is 7.89. The zero-order valence-electron chi connectivity index (χ0n) is 11.7. The van der Waals surface area contributed by atoms with Crippen molar-refractivity contribution in [1.29, 1.82) is 5.26 Å². The van der Waals surface area contributed by atoms with Gasteiger partial charge >= 0.3 is 0 Å². The first-order valence-corrected chi connectivity index (χ1v) is 7.37. The van der Waals surface area contributed by atoms with Gasteiger partial charge in [0.05, 0.1) is 11.0 Å². The summed E-state index contributed by atoms with van der Waals surface area (Å²) in [4.78, 5) is 0.255. The molecule has 0 aliphatic carbocycles. The molecule has 0 saturated heterocycles. The highest BCUT2D eigenvalue weighted by Crippen LogP contribution is 2.29. The molecule has 0 aliphatic rings. The third kappa shape index (κ3) is 2.88. The normalized spacial score (nSPS) is 11.6. The van der Waals surface area contributed by atoms with Crippen molar-refractivity contribution in [2.24, 2.45) is 0 Å². The summed E-state index contributed by atoms with van der Waals surface area (Å²) < 4.78 is 26.3. The van der Waals surface area contributed by atoms with Crippen molar-refractivity contribution in [1.82, 2.24) is 4.31 Å². The van der Waals surface area contributed by atoms with Crippen LogP contribution in [0.15, 0.2) is 11.0 Å². The number of anilines is 1. The summed E-state index contributed by atoms with van der Waals surface area (Å²) in [5.41, 5.74) is 8.43. The summed E-state index contributed by atoms with van der Waals surface area (Å²) in [6, 6.07) is 3.72. The molecule has 104 valence electrons. The lowest BCUT2D eigenvalue weighted by atomic mass is 10.1. The van der Waals surface area contributed by atoms with Gasteiger partial charge in [-0.1, -0.05) is 0 Å². The Labute approximate surface area is 114 Å². The Balaban J connectivity index is 3.42. The molecule has 1 aromatic rings. The SMILES string of the molecule is Cc1cc(N)c(C)c(S(=O)(=O)N(C)CCC#N)c1C. The maximum Gasteiger partial charge on any atom is 0.243 e. The van der Waals surface area contributed by atoms with E-state index in [0.717, 1.165) is 5.56 Å². The van der Waals surface area contributed by atoms with E-state index in [1.807, 2.05) is 13.0 Å². The first-order chi connectivity index (χ1) is 8.73. The van der Waals surface area contributed by atoms with Gasteiger partial charge in [-0.15, -0.1) is 0 Å². The summed E-state index contributed by atoms with van der Waals surface area (Å²) in [6.45, 7) is 5.48. The standard InChI is InChI=1S/C13H19N3O2S/c1-9-8-12(15)11(3)13(10(9)2)19(17,18)16(4)7-5-6-14/h8H,5,7,15H2,1-4H3. The number of rotatable bonds is 4. The van der Waals surface area contributed by atoms with Crippen LogP contribution in [0.25, 0.3) is 0 Å². The lowest BCUT2D eigenvalue weighted by Crippen LogP contribution is -2.29. The molecule has 5 nitrogen and oxygen atoms in total. The van der Waals surface area contributed by atoms with E-state index in [9.17, 15) is 8.42 Å². The number of nitrogens with zero attached hydrogens (tertiary/aromatic N) is 2. The van der Waals surface area contributed by atoms with Gasteiger partial charge in [0, 0.05) is 25.7 Å². The van der Waals surface area contributed by atoms with Gasteiger partial charge in [0.25, 0.3) is 0 Å². The molecule has 0 radical (unpaired) electrons. The number of nitrogen functional groups attached to an aromatic ring is 1. The lowest BCUT2D eigenvalue weighted by Gasteiger charge is -2.21. The molecule has 19 heavy (non-hydrogen) atoms. The Morgan fingerprint density at radius 2 is 1.89 bits per heavy atom. The van der Waals surface area contributed by atoms with Gasteiger partial charge in [-0.2, -0.15) is 9.57 Å². The lowest BCUT2D eigenvalue weighted by molar-refractivity contribution is 0.475. The molecule has 0 spiro atoms. The van der Waals surface area contributed by atoms with Crippen LogP contribution in [0, 0.1) is 32.1 Å². The van der Waals surface area contributed by atoms with Crippen LogP contribution in [-0.2, 0) is 10.0 Å². The first-order valence-electron chi connectivity index (χ1n) is 5.93. The largest absolute Gasteiger partial charge is 0.398 e. The summed E-state index contributed by atoms with van der Waals surface area (Å²) in [7, 11) is -2.14. The van der Waals surface area contributed by atoms with E-state index in [0.29, 0.717) is 16.8 Å². The number of hydrogen-bond acceptors (Lipinski definition) is 4. The Hall–Kier alpha value is -1.58. The predicted molar refractivity (Wildman–Crippen MR) is 75.1 cm³/mol. The van der Waals surface area contributed by atoms with Gasteiger partial charge in [-0.3, -0.25) is 0 Å². The van der Waals surface area contributed by atoms with E-state index in [-0.39, 0.29) is 17.9 Å². The molecular formula is C13H19N3O2S. The number of nitriles is 1. The molecule has 0 amide bonds. The van der Waals surface area contributed by atoms with Gasteiger partial charge in [-0.05, 0) is 43.5 Å². The van der Waals surface area contributed by atoms with Crippen molar-refractivity contribution in [3.05, 3.63) is 22.8 Å². The highest BCUT2D eigenvalue weighted by Gasteiger charge is 2.26. The monoisotopic (exact) mass is 281 g/mol. The van der Waals surface area contributed by atoms with E-state index in [2.05, 4.69) is 0 Å². The van der Waals surface area contributed by atoms with Crippen LogP contribution in [-0.4, -0.2) is 26.3 Å². The third-order valence-corrected chi connectivity index (χ3v) is 5.42. The van der Waals surface area contributed by atoms with E-state index >= 15 is 0 Å². The summed E-state index contributed by atoms with van der Waals surface area (Å²) in [5.74, 6) is 0. The number of sulfonamides is 1. The maximum atomic E-state index is 12.5. The van der Waals surface area contributed by atoms with Crippen molar-refractivity contribution >= 4 is 15.7 Å². The van der Waals surface area contributed by atoms with E-state index in [1.165, 1.54) is 11.4 Å². The fourth-order valence-corrected chi connectivity index (χ4v) is 3.61. The molecule has 1 rings (SSSR count). The molecule has 0 aromatic heterocycles. The second-order valence-corrected chi connectivity index (χ2v) is 6.58. The average molecular weight is 281 g/mol. The van der Waals surface area contributed by atoms with Crippen LogP contribution in [0.3, 0.4) is 0 Å². The molecular weight excluding hydrogens is 262 g/mol. The topological polar surface area (TPSA) is 87.2 Å². The molecule has 2 N–H and O–H groups in total. The molecule has 0 aliphatic heterocycles. The zero-order chi connectivity index (χ0) is 14.8. The average Bonchev–Trinajstić information content (AvgIpc) is 2.33. The van der Waals surface area contributed by atoms with Gasteiger partial charge in [0.2, 0.25) is 10.0 Å². The van der Waals surface area contributed by atoms with Gasteiger partial charge in [0.1, 0.15) is 0 Å². The Morgan fingerprint density at radius 3 is 2.42 bits per heavy atom. The van der Waals surface area contributed by atoms with Crippen LogP contribution in [0.1, 0.15) is 23.1 Å². The smallest absolute Gasteiger partial charge is 0.243 e. The van der Waals surface area contributed by atoms with Crippen molar-refractivity contribution in [3.8, 4) is 6.07 Å². The zero-order valence-corrected chi connectivity index (χ0v) is 12.5. The van der Waals surface area contributed by atoms with Crippen LogP contribution in [0.5, 0.6) is 0 Å². The third-order valence-electron chi connectivity index (χ3n) is 3.28. The van der Waals surface area contributed by atoms with Crippen LogP contribution in [0.2, 0.25) is 0 Å². The quantitative estimate of drug-likeness (QED) is 0.851. The van der Waals surface area contributed by atoms with Crippen molar-refractivity contribution in [2.75, 3.05) is 19.3 Å². The predicted octanol–water partition coefficient (Wildman–Crippen LogP) is 1.73. The van der Waals surface area contributed by atoms with Crippen molar-refractivity contribution in [2.45, 2.75) is 32.1 Å². The Morgan fingerprint density at radius 1 is 1.32 bits per heavy atom. The molecule has 0 saturated carbocycles. The van der Waals surface area contributed by atoms with Gasteiger partial charge in [-0.25, -0.2) is 8.42 Å². The summed E-state index contributed by atoms with van der Waals surface area (Å²) in [6.07, 6.45) is 0.162. The Bertz CT molecular complexity index is 604. The van der Waals surface area contributed by atoms with Gasteiger partial charge in [0.15, 0.2) is 0 Å². The molecule has 6 heteroatoms. The number of aryl methyl sites for hydroxylation is 1. The fourth-order valence-electron chi connectivity index (χ4n) is 1.91. The van der Waals surface area contributed by atoms with Crippen LogP contribution in [0.4, 0.5) is 5.69 Å². The summed E-state index contributed by atoms with van der Waals surface area (Å²) >= 11 is 0. The molecule has 0 atom stereocenters. The van der Waals surface area contributed by atoms with Crippen molar-refractivity contribution < 1.29 is 8.42 Å². The highest BCUT2D eigenvalue weighted by atomic mass is 32.2. The molecule has 1 aromatic carbocycles. The van der Waals surface area contributed by atoms with Gasteiger partial charge < -0.3 is 5.73 Å². The van der Waals surface area contributed by atoms with E-state index in [1.54, 1.807) is 19.9 Å². The first kappa shape index (κ1) is 15.5. The van der Waals surface area contributed by atoms with Crippen LogP contribution >= 0.6 is 0 Å². The second kappa shape index (κ2) is 5.59. The minimum absolute atomic E-state index is 0.162. The minimum Gasteiger partial charge on any atom is -0.398 e. The number of nitrogens with two attached hydrogens (primary N) is 1. The molecule has 0 fully saturated rings. The molecule has 0 unspecified atom stereocenters. The van der Waals surface area contributed by atoms with Crippen molar-refractivity contribution in [3.63, 3.8) is 0 Å². The molecule has 0 bridgehead atoms. The fraction of sp³-hybridized carbons (Fsp3) is 0.462. The molecule has 0 heterocycles.